The van der Waals surface area contributed by atoms with Gasteiger partial charge in [-0.3, -0.25) is 0 Å². The van der Waals surface area contributed by atoms with Gasteiger partial charge in [-0.05, 0) is 29.2 Å². The topological polar surface area (TPSA) is 58.9 Å². The maximum Gasteiger partial charge on any atom is 0.488 e. The molecule has 6 heteroatoms. The molecule has 2 rings (SSSR count). The van der Waals surface area contributed by atoms with Crippen LogP contribution in [-0.4, -0.2) is 30.4 Å². The highest BCUT2D eigenvalue weighted by Gasteiger charge is 2.10. The Kier molecular flexibility index (Phi) is 6.26. The predicted octanol–water partition coefficient (Wildman–Crippen LogP) is 1.72. The molecule has 2 aromatic carbocycles. The maximum atomic E-state index is 9.08. The Morgan fingerprint density at radius 2 is 1.81 bits per heavy atom. The molecule has 21 heavy (non-hydrogen) atoms. The van der Waals surface area contributed by atoms with Crippen molar-refractivity contribution in [3.05, 3.63) is 58.6 Å². The lowest BCUT2D eigenvalue weighted by Crippen LogP contribution is -2.29. The van der Waals surface area contributed by atoms with Crippen LogP contribution in [0.5, 0.6) is 5.75 Å². The Balaban J connectivity index is 1.73. The van der Waals surface area contributed by atoms with Crippen molar-refractivity contribution in [2.24, 2.45) is 0 Å². The second-order valence-electron chi connectivity index (χ2n) is 4.44. The average Bonchev–Trinajstić information content (AvgIpc) is 2.49. The molecule has 0 fully saturated rings. The van der Waals surface area contributed by atoms with Crippen LogP contribution in [0.3, 0.4) is 0 Å². The third-order valence-corrected chi connectivity index (χ3v) is 3.64. The summed E-state index contributed by atoms with van der Waals surface area (Å²) < 4.78 is 12.1. The monoisotopic (exact) mass is 350 g/mol. The number of rotatable bonds is 7. The molecule has 110 valence electrons. The molecular weight excluding hydrogens is 335 g/mol. The molecule has 0 amide bonds. The molecule has 0 aromatic heterocycles. The van der Waals surface area contributed by atoms with E-state index < -0.39 is 7.12 Å². The van der Waals surface area contributed by atoms with Gasteiger partial charge in [0.15, 0.2) is 0 Å². The van der Waals surface area contributed by atoms with E-state index in [1.807, 2.05) is 24.3 Å². The Hall–Kier alpha value is -1.34. The van der Waals surface area contributed by atoms with E-state index in [-0.39, 0.29) is 0 Å². The van der Waals surface area contributed by atoms with Crippen LogP contribution in [0.4, 0.5) is 0 Å². The van der Waals surface area contributed by atoms with Gasteiger partial charge in [0.1, 0.15) is 12.4 Å². The minimum Gasteiger partial charge on any atom is -0.491 e. The number of hydrogen-bond donors (Lipinski definition) is 2. The van der Waals surface area contributed by atoms with Gasteiger partial charge in [0.25, 0.3) is 0 Å². The van der Waals surface area contributed by atoms with Crippen molar-refractivity contribution in [1.29, 1.82) is 0 Å². The summed E-state index contributed by atoms with van der Waals surface area (Å²) in [6.45, 7) is 1.36. The number of ether oxygens (including phenoxy) is 2. The average molecular weight is 351 g/mol. The summed E-state index contributed by atoms with van der Waals surface area (Å²) >= 11 is 3.47. The third kappa shape index (κ3) is 5.17. The molecular formula is C15H16BBrO4. The van der Waals surface area contributed by atoms with E-state index in [0.717, 1.165) is 10.0 Å². The lowest BCUT2D eigenvalue weighted by molar-refractivity contribution is 0.0886. The van der Waals surface area contributed by atoms with Crippen molar-refractivity contribution in [3.8, 4) is 5.75 Å². The molecule has 0 spiro atoms. The minimum atomic E-state index is -1.49. The van der Waals surface area contributed by atoms with Crippen molar-refractivity contribution >= 4 is 28.5 Å². The van der Waals surface area contributed by atoms with Crippen LogP contribution in [0.2, 0.25) is 0 Å². The lowest BCUT2D eigenvalue weighted by atomic mass is 9.80. The van der Waals surface area contributed by atoms with Gasteiger partial charge in [-0.1, -0.05) is 46.3 Å². The number of halogens is 1. The summed E-state index contributed by atoms with van der Waals surface area (Å²) in [7, 11) is -1.49. The Bertz CT molecular complexity index is 577. The van der Waals surface area contributed by atoms with Gasteiger partial charge in [0.05, 0.1) is 13.2 Å². The van der Waals surface area contributed by atoms with E-state index in [9.17, 15) is 0 Å². The van der Waals surface area contributed by atoms with Crippen LogP contribution in [0.25, 0.3) is 0 Å². The van der Waals surface area contributed by atoms with Crippen molar-refractivity contribution in [1.82, 2.24) is 0 Å². The lowest BCUT2D eigenvalue weighted by Gasteiger charge is -2.09. The number of hydrogen-bond acceptors (Lipinski definition) is 4. The van der Waals surface area contributed by atoms with Crippen molar-refractivity contribution in [3.63, 3.8) is 0 Å². The van der Waals surface area contributed by atoms with E-state index in [1.54, 1.807) is 24.3 Å². The van der Waals surface area contributed by atoms with Gasteiger partial charge in [0.2, 0.25) is 0 Å². The Labute approximate surface area is 132 Å². The van der Waals surface area contributed by atoms with Crippen LogP contribution in [0, 0.1) is 0 Å². The minimum absolute atomic E-state index is 0.398. The third-order valence-electron chi connectivity index (χ3n) is 2.87. The van der Waals surface area contributed by atoms with E-state index >= 15 is 0 Å². The summed E-state index contributed by atoms with van der Waals surface area (Å²) in [5.74, 6) is 0.588. The molecule has 4 nitrogen and oxygen atoms in total. The zero-order chi connectivity index (χ0) is 15.1. The van der Waals surface area contributed by atoms with Crippen molar-refractivity contribution < 1.29 is 19.5 Å². The molecule has 0 radical (unpaired) electrons. The SMILES string of the molecule is OB(O)c1cccc(OCCOCc2ccccc2Br)c1. The van der Waals surface area contributed by atoms with Crippen LogP contribution in [0.15, 0.2) is 53.0 Å². The van der Waals surface area contributed by atoms with E-state index in [2.05, 4.69) is 15.9 Å². The molecule has 0 saturated heterocycles. The van der Waals surface area contributed by atoms with Gasteiger partial charge < -0.3 is 19.5 Å². The summed E-state index contributed by atoms with van der Waals surface area (Å²) in [6, 6.07) is 14.6. The van der Waals surface area contributed by atoms with Gasteiger partial charge in [-0.2, -0.15) is 0 Å². The standard InChI is InChI=1S/C15H16BBrO4/c17-15-7-2-1-4-12(15)11-20-8-9-21-14-6-3-5-13(10-14)16(18)19/h1-7,10,18-19H,8-9,11H2. The Morgan fingerprint density at radius 3 is 2.57 bits per heavy atom. The normalized spacial score (nSPS) is 10.4. The first kappa shape index (κ1) is 16.0. The van der Waals surface area contributed by atoms with Gasteiger partial charge in [0, 0.05) is 4.47 Å². The first-order valence-electron chi connectivity index (χ1n) is 6.57. The summed E-state index contributed by atoms with van der Waals surface area (Å²) in [4.78, 5) is 0. The second kappa shape index (κ2) is 8.19. The molecule has 2 N–H and O–H groups in total. The highest BCUT2D eigenvalue weighted by molar-refractivity contribution is 9.10. The van der Waals surface area contributed by atoms with E-state index in [0.29, 0.717) is 31.0 Å². The van der Waals surface area contributed by atoms with Gasteiger partial charge in [-0.25, -0.2) is 0 Å². The molecule has 0 bridgehead atoms. The fraction of sp³-hybridized carbons (Fsp3) is 0.200. The molecule has 0 aliphatic heterocycles. The van der Waals surface area contributed by atoms with Crippen LogP contribution < -0.4 is 10.2 Å². The second-order valence-corrected chi connectivity index (χ2v) is 5.29. The van der Waals surface area contributed by atoms with Gasteiger partial charge in [-0.15, -0.1) is 0 Å². The quantitative estimate of drug-likeness (QED) is 0.589. The summed E-state index contributed by atoms with van der Waals surface area (Å²) in [6.07, 6.45) is 0. The van der Waals surface area contributed by atoms with E-state index in [4.69, 9.17) is 19.5 Å². The fourth-order valence-corrected chi connectivity index (χ4v) is 2.18. The molecule has 0 unspecified atom stereocenters. The first-order chi connectivity index (χ1) is 10.2. The van der Waals surface area contributed by atoms with Crippen LogP contribution in [0.1, 0.15) is 5.56 Å². The Morgan fingerprint density at radius 1 is 1.00 bits per heavy atom. The zero-order valence-corrected chi connectivity index (χ0v) is 13.0. The van der Waals surface area contributed by atoms with Gasteiger partial charge >= 0.3 is 7.12 Å². The molecule has 0 aliphatic rings. The molecule has 0 heterocycles. The zero-order valence-electron chi connectivity index (χ0n) is 11.4. The molecule has 0 atom stereocenters. The summed E-state index contributed by atoms with van der Waals surface area (Å²) in [5.41, 5.74) is 1.49. The van der Waals surface area contributed by atoms with Crippen molar-refractivity contribution in [2.45, 2.75) is 6.61 Å². The van der Waals surface area contributed by atoms with E-state index in [1.165, 1.54) is 0 Å². The highest BCUT2D eigenvalue weighted by Crippen LogP contribution is 2.16. The predicted molar refractivity (Wildman–Crippen MR) is 85.6 cm³/mol. The fourth-order valence-electron chi connectivity index (χ4n) is 1.78. The van der Waals surface area contributed by atoms with Crippen molar-refractivity contribution in [2.75, 3.05) is 13.2 Å². The van der Waals surface area contributed by atoms with Crippen LogP contribution in [-0.2, 0) is 11.3 Å². The first-order valence-corrected chi connectivity index (χ1v) is 7.36. The largest absolute Gasteiger partial charge is 0.491 e. The maximum absolute atomic E-state index is 9.08. The smallest absolute Gasteiger partial charge is 0.488 e. The number of benzene rings is 2. The van der Waals surface area contributed by atoms with Crippen LogP contribution >= 0.6 is 15.9 Å². The molecule has 0 aliphatic carbocycles. The molecule has 2 aromatic rings. The summed E-state index contributed by atoms with van der Waals surface area (Å²) in [5, 5.41) is 18.2. The highest BCUT2D eigenvalue weighted by atomic mass is 79.9. The molecule has 0 saturated carbocycles.